The molecule has 2 aromatic rings. The Bertz CT molecular complexity index is 666. The summed E-state index contributed by atoms with van der Waals surface area (Å²) in [4.78, 5) is 26.6. The standard InChI is InChI=1S/C15H17N3O4/c1-10-17-14(22-18-10)6-5-13(19)16-8-7-11-3-2-4-12(9-11)15(20)21/h2-4,9H,5-8H2,1H3,(H,16,19)(H,20,21). The van der Waals surface area contributed by atoms with Crippen molar-refractivity contribution in [2.24, 2.45) is 0 Å². The van der Waals surface area contributed by atoms with Crippen LogP contribution in [0.25, 0.3) is 0 Å². The Hall–Kier alpha value is -2.70. The fourth-order valence-electron chi connectivity index (χ4n) is 1.96. The molecule has 0 unspecified atom stereocenters. The fraction of sp³-hybridized carbons (Fsp3) is 0.333. The number of carboxylic acid groups (broad SMARTS) is 1. The van der Waals surface area contributed by atoms with Gasteiger partial charge in [0, 0.05) is 19.4 Å². The molecule has 1 aromatic heterocycles. The maximum atomic E-state index is 11.7. The van der Waals surface area contributed by atoms with Crippen LogP contribution in [0.4, 0.5) is 0 Å². The predicted octanol–water partition coefficient (Wildman–Crippen LogP) is 1.37. The lowest BCUT2D eigenvalue weighted by Crippen LogP contribution is -2.25. The molecule has 7 nitrogen and oxygen atoms in total. The molecule has 1 aromatic carbocycles. The lowest BCUT2D eigenvalue weighted by Gasteiger charge is -2.05. The number of rotatable bonds is 7. The van der Waals surface area contributed by atoms with Crippen molar-refractivity contribution in [2.75, 3.05) is 6.54 Å². The topological polar surface area (TPSA) is 105 Å². The van der Waals surface area contributed by atoms with E-state index in [2.05, 4.69) is 15.5 Å². The van der Waals surface area contributed by atoms with Gasteiger partial charge in [-0.3, -0.25) is 4.79 Å². The average Bonchev–Trinajstić information content (AvgIpc) is 2.91. The van der Waals surface area contributed by atoms with Gasteiger partial charge in [0.25, 0.3) is 0 Å². The second kappa shape index (κ2) is 7.35. The van der Waals surface area contributed by atoms with Crippen LogP contribution in [-0.2, 0) is 17.6 Å². The van der Waals surface area contributed by atoms with Crippen LogP contribution in [0.5, 0.6) is 0 Å². The largest absolute Gasteiger partial charge is 0.478 e. The molecule has 0 radical (unpaired) electrons. The highest BCUT2D eigenvalue weighted by Crippen LogP contribution is 2.06. The Morgan fingerprint density at radius 3 is 2.82 bits per heavy atom. The SMILES string of the molecule is Cc1noc(CCC(=O)NCCc2cccc(C(=O)O)c2)n1. The summed E-state index contributed by atoms with van der Waals surface area (Å²) >= 11 is 0. The highest BCUT2D eigenvalue weighted by atomic mass is 16.5. The Morgan fingerprint density at radius 1 is 1.32 bits per heavy atom. The number of hydrogen-bond donors (Lipinski definition) is 2. The summed E-state index contributed by atoms with van der Waals surface area (Å²) in [6.07, 6.45) is 1.25. The molecule has 0 aliphatic carbocycles. The molecule has 1 amide bonds. The maximum Gasteiger partial charge on any atom is 0.335 e. The van der Waals surface area contributed by atoms with E-state index in [4.69, 9.17) is 9.63 Å². The number of benzene rings is 1. The summed E-state index contributed by atoms with van der Waals surface area (Å²) < 4.78 is 4.93. The number of aromatic carboxylic acids is 1. The molecule has 2 N–H and O–H groups in total. The molecule has 0 spiro atoms. The number of aromatic nitrogens is 2. The second-order valence-electron chi connectivity index (χ2n) is 4.84. The first-order valence-electron chi connectivity index (χ1n) is 6.92. The van der Waals surface area contributed by atoms with Gasteiger partial charge in [-0.15, -0.1) is 0 Å². The average molecular weight is 303 g/mol. The number of carbonyl (C=O) groups excluding carboxylic acids is 1. The molecule has 0 atom stereocenters. The number of nitrogens with one attached hydrogen (secondary N) is 1. The Kier molecular flexibility index (Phi) is 5.24. The maximum absolute atomic E-state index is 11.7. The zero-order chi connectivity index (χ0) is 15.9. The van der Waals surface area contributed by atoms with Crippen LogP contribution in [0.3, 0.4) is 0 Å². The van der Waals surface area contributed by atoms with Crippen molar-refractivity contribution in [3.63, 3.8) is 0 Å². The van der Waals surface area contributed by atoms with E-state index < -0.39 is 5.97 Å². The first kappa shape index (κ1) is 15.7. The summed E-state index contributed by atoms with van der Waals surface area (Å²) in [5.74, 6) is -0.0680. The van der Waals surface area contributed by atoms with E-state index in [9.17, 15) is 9.59 Å². The third-order valence-corrected chi connectivity index (χ3v) is 3.05. The summed E-state index contributed by atoms with van der Waals surface area (Å²) in [6, 6.07) is 6.67. The number of nitrogens with zero attached hydrogens (tertiary/aromatic N) is 2. The molecule has 0 fully saturated rings. The molecule has 0 aliphatic rings. The Balaban J connectivity index is 1.72. The van der Waals surface area contributed by atoms with Gasteiger partial charge in [-0.25, -0.2) is 4.79 Å². The van der Waals surface area contributed by atoms with Crippen molar-refractivity contribution < 1.29 is 19.2 Å². The zero-order valence-corrected chi connectivity index (χ0v) is 12.2. The lowest BCUT2D eigenvalue weighted by molar-refractivity contribution is -0.121. The first-order valence-corrected chi connectivity index (χ1v) is 6.92. The van der Waals surface area contributed by atoms with Crippen LogP contribution >= 0.6 is 0 Å². The lowest BCUT2D eigenvalue weighted by atomic mass is 10.1. The van der Waals surface area contributed by atoms with E-state index >= 15 is 0 Å². The van der Waals surface area contributed by atoms with Gasteiger partial charge in [-0.2, -0.15) is 4.98 Å². The van der Waals surface area contributed by atoms with Gasteiger partial charge >= 0.3 is 5.97 Å². The van der Waals surface area contributed by atoms with E-state index in [0.717, 1.165) is 5.56 Å². The number of carboxylic acids is 1. The van der Waals surface area contributed by atoms with Gasteiger partial charge in [-0.05, 0) is 31.0 Å². The van der Waals surface area contributed by atoms with E-state index in [1.54, 1.807) is 19.1 Å². The van der Waals surface area contributed by atoms with Crippen LogP contribution in [0.15, 0.2) is 28.8 Å². The van der Waals surface area contributed by atoms with Crippen LogP contribution in [0, 0.1) is 6.92 Å². The molecule has 0 aliphatic heterocycles. The van der Waals surface area contributed by atoms with E-state index in [-0.39, 0.29) is 17.9 Å². The fourth-order valence-corrected chi connectivity index (χ4v) is 1.96. The normalized spacial score (nSPS) is 10.4. The molecule has 0 bridgehead atoms. The van der Waals surface area contributed by atoms with Crippen molar-refractivity contribution in [2.45, 2.75) is 26.2 Å². The minimum atomic E-state index is -0.958. The molecule has 1 heterocycles. The second-order valence-corrected chi connectivity index (χ2v) is 4.84. The highest BCUT2D eigenvalue weighted by molar-refractivity contribution is 5.87. The number of aryl methyl sites for hydroxylation is 2. The molecule has 7 heteroatoms. The molecule has 0 saturated heterocycles. The quantitative estimate of drug-likeness (QED) is 0.800. The number of hydrogen-bond acceptors (Lipinski definition) is 5. The molecule has 22 heavy (non-hydrogen) atoms. The van der Waals surface area contributed by atoms with Crippen LogP contribution in [0.1, 0.15) is 34.1 Å². The highest BCUT2D eigenvalue weighted by Gasteiger charge is 2.07. The van der Waals surface area contributed by atoms with Crippen molar-refractivity contribution in [3.8, 4) is 0 Å². The van der Waals surface area contributed by atoms with Crippen LogP contribution < -0.4 is 5.32 Å². The van der Waals surface area contributed by atoms with Crippen molar-refractivity contribution in [3.05, 3.63) is 47.1 Å². The summed E-state index contributed by atoms with van der Waals surface area (Å²) in [7, 11) is 0. The Labute approximate surface area is 127 Å². The van der Waals surface area contributed by atoms with E-state index in [1.807, 2.05) is 6.07 Å². The number of carbonyl (C=O) groups is 2. The third kappa shape index (κ3) is 4.69. The molecule has 0 saturated carbocycles. The van der Waals surface area contributed by atoms with Crippen molar-refractivity contribution in [1.29, 1.82) is 0 Å². The van der Waals surface area contributed by atoms with Crippen LogP contribution in [0.2, 0.25) is 0 Å². The van der Waals surface area contributed by atoms with E-state index in [0.29, 0.717) is 31.1 Å². The van der Waals surface area contributed by atoms with Gasteiger partial charge in [-0.1, -0.05) is 17.3 Å². The molecular formula is C15H17N3O4. The van der Waals surface area contributed by atoms with Crippen LogP contribution in [-0.4, -0.2) is 33.7 Å². The van der Waals surface area contributed by atoms with E-state index in [1.165, 1.54) is 6.07 Å². The third-order valence-electron chi connectivity index (χ3n) is 3.05. The van der Waals surface area contributed by atoms with Crippen molar-refractivity contribution >= 4 is 11.9 Å². The monoisotopic (exact) mass is 303 g/mol. The Morgan fingerprint density at radius 2 is 2.14 bits per heavy atom. The van der Waals surface area contributed by atoms with Crippen molar-refractivity contribution in [1.82, 2.24) is 15.5 Å². The molecular weight excluding hydrogens is 286 g/mol. The summed E-state index contributed by atoms with van der Waals surface area (Å²) in [5.41, 5.74) is 1.11. The zero-order valence-electron chi connectivity index (χ0n) is 12.2. The minimum absolute atomic E-state index is 0.106. The van der Waals surface area contributed by atoms with Gasteiger partial charge in [0.15, 0.2) is 5.82 Å². The molecule has 116 valence electrons. The summed E-state index contributed by atoms with van der Waals surface area (Å²) in [5, 5.41) is 15.3. The van der Waals surface area contributed by atoms with Gasteiger partial charge in [0.1, 0.15) is 0 Å². The minimum Gasteiger partial charge on any atom is -0.478 e. The smallest absolute Gasteiger partial charge is 0.335 e. The van der Waals surface area contributed by atoms with Gasteiger partial charge in [0.2, 0.25) is 11.8 Å². The molecule has 2 rings (SSSR count). The first-order chi connectivity index (χ1) is 10.5. The van der Waals surface area contributed by atoms with Gasteiger partial charge < -0.3 is 14.9 Å². The van der Waals surface area contributed by atoms with Gasteiger partial charge in [0.05, 0.1) is 5.56 Å². The summed E-state index contributed by atoms with van der Waals surface area (Å²) in [6.45, 7) is 2.17. The number of amides is 1. The predicted molar refractivity (Wildman–Crippen MR) is 77.5 cm³/mol.